The second-order valence-corrected chi connectivity index (χ2v) is 3.82. The molecule has 0 aromatic carbocycles. The van der Waals surface area contributed by atoms with Gasteiger partial charge in [0.25, 0.3) is 0 Å². The van der Waals surface area contributed by atoms with E-state index >= 15 is 0 Å². The summed E-state index contributed by atoms with van der Waals surface area (Å²) in [6.07, 6.45) is -11.0. The first-order chi connectivity index (χ1) is 8.57. The molecule has 0 spiro atoms. The van der Waals surface area contributed by atoms with Crippen LogP contribution in [0.2, 0.25) is 0 Å². The number of hydrogen-bond acceptors (Lipinski definition) is 3. The highest BCUT2D eigenvalue weighted by Crippen LogP contribution is 2.45. The molecule has 0 radical (unpaired) electrons. The minimum atomic E-state index is -5.51. The van der Waals surface area contributed by atoms with Crippen LogP contribution in [0.25, 0.3) is 0 Å². The second-order valence-electron chi connectivity index (χ2n) is 3.82. The number of furan rings is 1. The summed E-state index contributed by atoms with van der Waals surface area (Å²) in [5.74, 6) is -4.18. The van der Waals surface area contributed by atoms with Crippen LogP contribution in [0.4, 0.5) is 26.3 Å². The van der Waals surface area contributed by atoms with Gasteiger partial charge in [0.1, 0.15) is 18.1 Å². The van der Waals surface area contributed by atoms with Gasteiger partial charge in [-0.25, -0.2) is 0 Å². The Morgan fingerprint density at radius 3 is 2.11 bits per heavy atom. The Balaban J connectivity index is 3.02. The average molecular weight is 291 g/mol. The molecule has 2 N–H and O–H groups in total. The molecule has 1 rings (SSSR count). The number of alkyl halides is 6. The molecule has 0 fully saturated rings. The Hall–Kier alpha value is -1.22. The summed E-state index contributed by atoms with van der Waals surface area (Å²) in [6, 6.07) is -0.169. The summed E-state index contributed by atoms with van der Waals surface area (Å²) in [6.45, 7) is -0.0740. The van der Waals surface area contributed by atoms with Gasteiger partial charge in [0.15, 0.2) is 5.92 Å². The van der Waals surface area contributed by atoms with E-state index in [9.17, 15) is 26.3 Å². The van der Waals surface area contributed by atoms with Crippen molar-refractivity contribution in [1.82, 2.24) is 0 Å². The number of hydrogen-bond donors (Lipinski definition) is 1. The number of methoxy groups -OCH3 is 1. The smallest absolute Gasteiger partial charge is 0.402 e. The van der Waals surface area contributed by atoms with Crippen molar-refractivity contribution in [2.45, 2.75) is 25.0 Å². The van der Waals surface area contributed by atoms with Gasteiger partial charge in [-0.1, -0.05) is 0 Å². The van der Waals surface area contributed by atoms with E-state index < -0.39 is 30.1 Å². The lowest BCUT2D eigenvalue weighted by Gasteiger charge is -2.26. The van der Waals surface area contributed by atoms with Crippen molar-refractivity contribution in [2.75, 3.05) is 7.11 Å². The molecule has 3 nitrogen and oxygen atoms in total. The van der Waals surface area contributed by atoms with Crippen LogP contribution in [0.15, 0.2) is 16.5 Å². The third-order valence-corrected chi connectivity index (χ3v) is 2.36. The molecule has 1 aromatic heterocycles. The van der Waals surface area contributed by atoms with Crippen LogP contribution in [0.5, 0.6) is 0 Å². The van der Waals surface area contributed by atoms with Crippen molar-refractivity contribution >= 4 is 0 Å². The van der Waals surface area contributed by atoms with E-state index in [4.69, 9.17) is 10.2 Å². The zero-order valence-electron chi connectivity index (χ0n) is 9.68. The molecule has 110 valence electrons. The van der Waals surface area contributed by atoms with E-state index in [1.165, 1.54) is 13.2 Å². The molecule has 0 aliphatic carbocycles. The molecule has 1 unspecified atom stereocenters. The van der Waals surface area contributed by atoms with Crippen molar-refractivity contribution in [1.29, 1.82) is 0 Å². The predicted octanol–water partition coefficient (Wildman–Crippen LogP) is 3.17. The molecule has 0 amide bonds. The second kappa shape index (κ2) is 5.41. The SMILES string of the molecule is COCc1ccc(C(N)C(C(F)(F)F)C(F)(F)F)o1. The molecule has 0 aliphatic rings. The molecule has 0 aliphatic heterocycles. The molecule has 0 saturated carbocycles. The third-order valence-electron chi connectivity index (χ3n) is 2.36. The minimum Gasteiger partial charge on any atom is -0.462 e. The van der Waals surface area contributed by atoms with Crippen LogP contribution in [-0.2, 0) is 11.3 Å². The Kier molecular flexibility index (Phi) is 4.51. The first-order valence-electron chi connectivity index (χ1n) is 5.04. The highest BCUT2D eigenvalue weighted by Gasteiger charge is 2.60. The van der Waals surface area contributed by atoms with Crippen LogP contribution >= 0.6 is 0 Å². The van der Waals surface area contributed by atoms with Crippen LogP contribution in [0.1, 0.15) is 17.6 Å². The fraction of sp³-hybridized carbons (Fsp3) is 0.600. The quantitative estimate of drug-likeness (QED) is 0.867. The molecule has 0 saturated heterocycles. The van der Waals surface area contributed by atoms with Gasteiger partial charge in [-0.3, -0.25) is 0 Å². The van der Waals surface area contributed by atoms with Crippen LogP contribution in [-0.4, -0.2) is 19.5 Å². The number of halogens is 6. The van der Waals surface area contributed by atoms with E-state index in [1.807, 2.05) is 0 Å². The molecule has 9 heteroatoms. The fourth-order valence-electron chi connectivity index (χ4n) is 1.55. The van der Waals surface area contributed by atoms with Gasteiger partial charge < -0.3 is 14.9 Å². The molecular weight excluding hydrogens is 280 g/mol. The third kappa shape index (κ3) is 3.87. The summed E-state index contributed by atoms with van der Waals surface area (Å²) < 4.78 is 84.1. The van der Waals surface area contributed by atoms with E-state index in [-0.39, 0.29) is 12.4 Å². The van der Waals surface area contributed by atoms with E-state index in [1.54, 1.807) is 0 Å². The number of nitrogens with two attached hydrogens (primary N) is 1. The molecule has 1 aromatic rings. The zero-order chi connectivity index (χ0) is 14.8. The van der Waals surface area contributed by atoms with Crippen molar-refractivity contribution in [2.24, 2.45) is 11.7 Å². The first kappa shape index (κ1) is 15.8. The van der Waals surface area contributed by atoms with Gasteiger partial charge in [-0.15, -0.1) is 0 Å². The predicted molar refractivity (Wildman–Crippen MR) is 51.9 cm³/mol. The van der Waals surface area contributed by atoms with E-state index in [0.717, 1.165) is 6.07 Å². The lowest BCUT2D eigenvalue weighted by Crippen LogP contribution is -2.43. The lowest BCUT2D eigenvalue weighted by atomic mass is 9.97. The van der Waals surface area contributed by atoms with Gasteiger partial charge >= 0.3 is 12.4 Å². The normalized spacial score (nSPS) is 15.0. The fourth-order valence-corrected chi connectivity index (χ4v) is 1.55. The Morgan fingerprint density at radius 1 is 1.16 bits per heavy atom. The maximum Gasteiger partial charge on any atom is 0.402 e. The van der Waals surface area contributed by atoms with Gasteiger partial charge in [0.2, 0.25) is 0 Å². The molecule has 1 atom stereocenters. The van der Waals surface area contributed by atoms with Gasteiger partial charge in [-0.05, 0) is 12.1 Å². The Morgan fingerprint density at radius 2 is 1.68 bits per heavy atom. The molecule has 1 heterocycles. The topological polar surface area (TPSA) is 48.4 Å². The molecule has 0 bridgehead atoms. The Bertz CT molecular complexity index is 397. The van der Waals surface area contributed by atoms with Crippen molar-refractivity contribution in [3.63, 3.8) is 0 Å². The monoisotopic (exact) mass is 291 g/mol. The van der Waals surface area contributed by atoms with Crippen molar-refractivity contribution in [3.05, 3.63) is 23.7 Å². The Labute approximate surface area is 104 Å². The van der Waals surface area contributed by atoms with Crippen molar-refractivity contribution in [3.8, 4) is 0 Å². The standard InChI is InChI=1S/C10H11F6NO2/c1-18-4-5-2-3-6(19-5)7(17)8(9(11,12)13)10(14,15)16/h2-3,7-8H,4,17H2,1H3. The minimum absolute atomic E-state index is 0.0740. The number of ether oxygens (including phenoxy) is 1. The summed E-state index contributed by atoms with van der Waals surface area (Å²) in [7, 11) is 1.30. The van der Waals surface area contributed by atoms with Gasteiger partial charge in [0, 0.05) is 7.11 Å². The largest absolute Gasteiger partial charge is 0.462 e. The van der Waals surface area contributed by atoms with Gasteiger partial charge in [0.05, 0.1) is 6.04 Å². The zero-order valence-corrected chi connectivity index (χ0v) is 9.68. The van der Waals surface area contributed by atoms with Crippen LogP contribution in [0, 0.1) is 5.92 Å². The van der Waals surface area contributed by atoms with E-state index in [2.05, 4.69) is 4.74 Å². The summed E-state index contributed by atoms with van der Waals surface area (Å²) in [5.41, 5.74) is 5.05. The maximum absolute atomic E-state index is 12.4. The highest BCUT2D eigenvalue weighted by molar-refractivity contribution is 5.12. The van der Waals surface area contributed by atoms with Crippen LogP contribution < -0.4 is 5.73 Å². The average Bonchev–Trinajstić information content (AvgIpc) is 2.62. The summed E-state index contributed by atoms with van der Waals surface area (Å²) >= 11 is 0. The highest BCUT2D eigenvalue weighted by atomic mass is 19.4. The molecular formula is C10H11F6NO2. The molecule has 19 heavy (non-hydrogen) atoms. The number of rotatable bonds is 4. The van der Waals surface area contributed by atoms with Gasteiger partial charge in [-0.2, -0.15) is 26.3 Å². The van der Waals surface area contributed by atoms with E-state index in [0.29, 0.717) is 0 Å². The van der Waals surface area contributed by atoms with Crippen LogP contribution in [0.3, 0.4) is 0 Å². The maximum atomic E-state index is 12.4. The lowest BCUT2D eigenvalue weighted by molar-refractivity contribution is -0.291. The summed E-state index contributed by atoms with van der Waals surface area (Å²) in [5, 5.41) is 0. The first-order valence-corrected chi connectivity index (χ1v) is 5.04. The van der Waals surface area contributed by atoms with Crippen molar-refractivity contribution < 1.29 is 35.5 Å². The summed E-state index contributed by atoms with van der Waals surface area (Å²) in [4.78, 5) is 0.